The Kier molecular flexibility index (Phi) is 11.1. The third-order valence-electron chi connectivity index (χ3n) is 7.53. The lowest BCUT2D eigenvalue weighted by Crippen LogP contribution is -2.40. The number of allylic oxidation sites excluding steroid dienone is 1. The zero-order valence-corrected chi connectivity index (χ0v) is 28.6. The first kappa shape index (κ1) is 34.9. The van der Waals surface area contributed by atoms with E-state index in [1.807, 2.05) is 30.3 Å². The lowest BCUT2D eigenvalue weighted by Gasteiger charge is -2.25. The Bertz CT molecular complexity index is 2110. The van der Waals surface area contributed by atoms with E-state index >= 15 is 0 Å². The molecule has 5 rings (SSSR count). The Balaban J connectivity index is 1.69. The molecular weight excluding hydrogens is 652 g/mol. The number of rotatable bonds is 13. The predicted octanol–water partition coefficient (Wildman–Crippen LogP) is 3.84. The number of hydrogen-bond donors (Lipinski definition) is 0. The molecule has 256 valence electrons. The van der Waals surface area contributed by atoms with Crippen LogP contribution in [0.5, 0.6) is 17.2 Å². The number of ether oxygens (including phenoxy) is 6. The van der Waals surface area contributed by atoms with Crippen molar-refractivity contribution in [1.82, 2.24) is 4.57 Å². The van der Waals surface area contributed by atoms with Crippen molar-refractivity contribution in [2.45, 2.75) is 33.7 Å². The molecule has 13 heteroatoms. The summed E-state index contributed by atoms with van der Waals surface area (Å²) in [5.41, 5.74) is 1.30. The number of esters is 3. The van der Waals surface area contributed by atoms with Crippen LogP contribution in [0, 0.1) is 0 Å². The Morgan fingerprint density at radius 3 is 2.31 bits per heavy atom. The van der Waals surface area contributed by atoms with Crippen LogP contribution in [0.2, 0.25) is 0 Å². The highest BCUT2D eigenvalue weighted by Crippen LogP contribution is 2.36. The van der Waals surface area contributed by atoms with Crippen LogP contribution in [-0.4, -0.2) is 62.6 Å². The van der Waals surface area contributed by atoms with Gasteiger partial charge in [-0.1, -0.05) is 47.7 Å². The molecule has 2 heterocycles. The molecule has 4 aromatic rings. The zero-order chi connectivity index (χ0) is 35.1. The minimum atomic E-state index is -0.932. The summed E-state index contributed by atoms with van der Waals surface area (Å²) in [4.78, 5) is 56.8. The Labute approximate surface area is 285 Å². The summed E-state index contributed by atoms with van der Waals surface area (Å²) in [5.74, 6) is -0.716. The molecule has 3 aromatic carbocycles. The second-order valence-electron chi connectivity index (χ2n) is 10.6. The molecule has 0 N–H and O–H groups in total. The first-order valence-electron chi connectivity index (χ1n) is 15.7. The van der Waals surface area contributed by atoms with E-state index in [0.717, 1.165) is 22.1 Å². The summed E-state index contributed by atoms with van der Waals surface area (Å²) in [6.45, 7) is 6.88. The maximum atomic E-state index is 14.4. The summed E-state index contributed by atoms with van der Waals surface area (Å²) < 4.78 is 34.3. The lowest BCUT2D eigenvalue weighted by molar-refractivity contribution is -0.145. The largest absolute Gasteiger partial charge is 0.490 e. The van der Waals surface area contributed by atoms with Gasteiger partial charge in [-0.2, -0.15) is 0 Å². The fourth-order valence-corrected chi connectivity index (χ4v) is 6.43. The summed E-state index contributed by atoms with van der Waals surface area (Å²) in [6.07, 6.45) is 1.71. The number of aromatic nitrogens is 1. The zero-order valence-electron chi connectivity index (χ0n) is 27.8. The van der Waals surface area contributed by atoms with E-state index in [9.17, 15) is 19.2 Å². The first-order valence-corrected chi connectivity index (χ1v) is 16.5. The van der Waals surface area contributed by atoms with E-state index in [1.54, 1.807) is 58.0 Å². The van der Waals surface area contributed by atoms with Crippen molar-refractivity contribution in [1.29, 1.82) is 0 Å². The van der Waals surface area contributed by atoms with Crippen LogP contribution in [0.15, 0.2) is 75.7 Å². The van der Waals surface area contributed by atoms with Crippen LogP contribution in [0.1, 0.15) is 44.9 Å². The Hall–Kier alpha value is -5.43. The molecular formula is C36H36N2O10S. The Morgan fingerprint density at radius 2 is 1.57 bits per heavy atom. The van der Waals surface area contributed by atoms with Gasteiger partial charge >= 0.3 is 17.9 Å². The highest BCUT2D eigenvalue weighted by molar-refractivity contribution is 7.07. The average Bonchev–Trinajstić information content (AvgIpc) is 3.40. The molecule has 0 bridgehead atoms. The molecule has 12 nitrogen and oxygen atoms in total. The molecule has 1 aromatic heterocycles. The number of carbonyl (C=O) groups excluding carboxylic acids is 3. The normalized spacial score (nSPS) is 14.1. The van der Waals surface area contributed by atoms with E-state index in [-0.39, 0.29) is 44.4 Å². The number of thiazole rings is 1. The van der Waals surface area contributed by atoms with Crippen LogP contribution >= 0.6 is 11.3 Å². The molecule has 0 saturated carbocycles. The molecule has 0 spiro atoms. The number of benzene rings is 3. The van der Waals surface area contributed by atoms with E-state index in [2.05, 4.69) is 9.73 Å². The molecule has 0 amide bonds. The molecule has 1 aliphatic heterocycles. The second-order valence-corrected chi connectivity index (χ2v) is 11.6. The fraction of sp³-hybridized carbons (Fsp3) is 0.306. The van der Waals surface area contributed by atoms with Gasteiger partial charge in [-0.05, 0) is 68.3 Å². The van der Waals surface area contributed by atoms with Gasteiger partial charge in [0.05, 0.1) is 48.8 Å². The van der Waals surface area contributed by atoms with Gasteiger partial charge in [-0.15, -0.1) is 0 Å². The average molecular weight is 689 g/mol. The van der Waals surface area contributed by atoms with Gasteiger partial charge in [-0.25, -0.2) is 19.4 Å². The van der Waals surface area contributed by atoms with Crippen LogP contribution in [-0.2, 0) is 28.6 Å². The topological polar surface area (TPSA) is 141 Å². The molecule has 0 radical (unpaired) electrons. The van der Waals surface area contributed by atoms with Crippen molar-refractivity contribution in [2.24, 2.45) is 4.99 Å². The van der Waals surface area contributed by atoms with Crippen LogP contribution in [0.3, 0.4) is 0 Å². The maximum absolute atomic E-state index is 14.4. The monoisotopic (exact) mass is 688 g/mol. The highest BCUT2D eigenvalue weighted by atomic mass is 32.1. The number of fused-ring (bicyclic) bond motifs is 2. The quantitative estimate of drug-likeness (QED) is 0.150. The second kappa shape index (κ2) is 15.6. The van der Waals surface area contributed by atoms with Gasteiger partial charge in [-0.3, -0.25) is 9.36 Å². The van der Waals surface area contributed by atoms with Crippen molar-refractivity contribution in [3.05, 3.63) is 96.7 Å². The van der Waals surface area contributed by atoms with Gasteiger partial charge in [0.1, 0.15) is 5.75 Å². The van der Waals surface area contributed by atoms with Gasteiger partial charge in [0.15, 0.2) is 29.5 Å². The molecule has 1 atom stereocenters. The SMILES string of the molecule is CCOC(=O)COc1ccc2ccccc2c1/C=c1/sc2n(c1=O)[C@@H](c1ccc(OCC(=O)OC)c(OCC)c1)C(C(=O)OCC)=C(C)N=2. The maximum Gasteiger partial charge on any atom is 0.344 e. The van der Waals surface area contributed by atoms with Crippen LogP contribution < -0.4 is 29.1 Å². The van der Waals surface area contributed by atoms with Crippen molar-refractivity contribution in [3.8, 4) is 17.2 Å². The lowest BCUT2D eigenvalue weighted by atomic mass is 9.95. The highest BCUT2D eigenvalue weighted by Gasteiger charge is 2.34. The first-order chi connectivity index (χ1) is 23.7. The summed E-state index contributed by atoms with van der Waals surface area (Å²) in [5, 5.41) is 1.71. The number of hydrogen-bond acceptors (Lipinski definition) is 12. The van der Waals surface area contributed by atoms with Crippen molar-refractivity contribution in [2.75, 3.05) is 40.1 Å². The number of methoxy groups -OCH3 is 1. The molecule has 0 unspecified atom stereocenters. The molecule has 1 aliphatic rings. The predicted molar refractivity (Wildman–Crippen MR) is 182 cm³/mol. The van der Waals surface area contributed by atoms with E-state index < -0.39 is 29.5 Å². The molecule has 0 aliphatic carbocycles. The van der Waals surface area contributed by atoms with Crippen molar-refractivity contribution in [3.63, 3.8) is 0 Å². The van der Waals surface area contributed by atoms with Gasteiger partial charge in [0, 0.05) is 5.56 Å². The molecule has 49 heavy (non-hydrogen) atoms. The summed E-state index contributed by atoms with van der Waals surface area (Å²) in [6, 6.07) is 15.3. The minimum absolute atomic E-state index is 0.118. The van der Waals surface area contributed by atoms with Crippen LogP contribution in [0.4, 0.5) is 0 Å². The summed E-state index contributed by atoms with van der Waals surface area (Å²) in [7, 11) is 1.26. The van der Waals surface area contributed by atoms with Gasteiger partial charge < -0.3 is 28.4 Å². The van der Waals surface area contributed by atoms with Crippen molar-refractivity contribution < 1.29 is 42.8 Å². The number of carbonyl (C=O) groups is 3. The number of nitrogens with zero attached hydrogens (tertiary/aromatic N) is 2. The standard InChI is InChI=1S/C36H36N2O10S/c1-6-44-28-17-23(14-16-27(28)48-19-30(39)43-5)33-32(35(42)46-8-3)21(4)37-36-38(33)34(41)29(49-36)18-25-24-12-10-9-11-22(24)13-15-26(25)47-20-31(40)45-7-2/h9-18,33H,6-8,19-20H2,1-5H3/b29-18+/t33-/m0/s1. The molecule has 0 fully saturated rings. The van der Waals surface area contributed by atoms with E-state index in [1.165, 1.54) is 11.7 Å². The smallest absolute Gasteiger partial charge is 0.344 e. The van der Waals surface area contributed by atoms with E-state index in [4.69, 9.17) is 23.7 Å². The summed E-state index contributed by atoms with van der Waals surface area (Å²) >= 11 is 1.15. The van der Waals surface area contributed by atoms with Crippen LogP contribution in [0.25, 0.3) is 16.8 Å². The fourth-order valence-electron chi connectivity index (χ4n) is 5.41. The third-order valence-corrected chi connectivity index (χ3v) is 8.51. The Morgan fingerprint density at radius 1 is 0.857 bits per heavy atom. The third kappa shape index (κ3) is 7.51. The van der Waals surface area contributed by atoms with Gasteiger partial charge in [0.2, 0.25) is 0 Å². The van der Waals surface area contributed by atoms with Crippen molar-refractivity contribution >= 4 is 46.1 Å². The van der Waals surface area contributed by atoms with Gasteiger partial charge in [0.25, 0.3) is 5.56 Å². The van der Waals surface area contributed by atoms with E-state index in [0.29, 0.717) is 37.7 Å². The molecule has 0 saturated heterocycles. The minimum Gasteiger partial charge on any atom is -0.490 e.